The summed E-state index contributed by atoms with van der Waals surface area (Å²) in [5, 5.41) is 0. The monoisotopic (exact) mass is 199 g/mol. The molecule has 0 aromatic carbocycles. The number of hydrogen-bond acceptors (Lipinski definition) is 4. The van der Waals surface area contributed by atoms with Gasteiger partial charge in [-0.3, -0.25) is 9.69 Å². The number of likely N-dealkylation sites (tertiary alicyclic amines) is 1. The second-order valence-corrected chi connectivity index (χ2v) is 4.28. The zero-order valence-electron chi connectivity index (χ0n) is 8.69. The Morgan fingerprint density at radius 3 is 3.00 bits per heavy atom. The van der Waals surface area contributed by atoms with Gasteiger partial charge in [0.05, 0.1) is 19.2 Å². The Kier molecular flexibility index (Phi) is 2.71. The van der Waals surface area contributed by atoms with Crippen molar-refractivity contribution >= 4 is 5.91 Å². The van der Waals surface area contributed by atoms with Gasteiger partial charge in [-0.25, -0.2) is 0 Å². The van der Waals surface area contributed by atoms with Crippen LogP contribution in [0.5, 0.6) is 0 Å². The molecule has 2 fully saturated rings. The number of rotatable bonds is 2. The van der Waals surface area contributed by atoms with Gasteiger partial charge in [-0.05, 0) is 0 Å². The summed E-state index contributed by atoms with van der Waals surface area (Å²) in [6.45, 7) is 3.19. The second-order valence-electron chi connectivity index (χ2n) is 4.28. The van der Waals surface area contributed by atoms with Gasteiger partial charge < -0.3 is 9.74 Å². The Morgan fingerprint density at radius 2 is 2.36 bits per heavy atom. The number of hydroxylamine groups is 1. The van der Waals surface area contributed by atoms with E-state index < -0.39 is 0 Å². The van der Waals surface area contributed by atoms with Crippen LogP contribution in [0.15, 0.2) is 0 Å². The van der Waals surface area contributed by atoms with Gasteiger partial charge in [0.1, 0.15) is 0 Å². The first kappa shape index (κ1) is 9.89. The first-order valence-corrected chi connectivity index (χ1v) is 4.96. The maximum absolute atomic E-state index is 11.5. The van der Waals surface area contributed by atoms with Crippen molar-refractivity contribution in [3.63, 3.8) is 0 Å². The summed E-state index contributed by atoms with van der Waals surface area (Å²) >= 11 is 0. The summed E-state index contributed by atoms with van der Waals surface area (Å²) < 4.78 is 0. The molecule has 2 aliphatic heterocycles. The zero-order chi connectivity index (χ0) is 10.1. The van der Waals surface area contributed by atoms with E-state index in [9.17, 15) is 4.79 Å². The molecule has 2 rings (SSSR count). The van der Waals surface area contributed by atoms with Crippen molar-refractivity contribution in [3.05, 3.63) is 0 Å². The fourth-order valence-electron chi connectivity index (χ4n) is 1.99. The average Bonchev–Trinajstić information content (AvgIpc) is 2.63. The van der Waals surface area contributed by atoms with Crippen LogP contribution in [0.2, 0.25) is 0 Å². The molecule has 5 nitrogen and oxygen atoms in total. The van der Waals surface area contributed by atoms with Crippen molar-refractivity contribution in [3.8, 4) is 0 Å². The van der Waals surface area contributed by atoms with Gasteiger partial charge in [-0.2, -0.15) is 5.48 Å². The fraction of sp³-hybridized carbons (Fsp3) is 0.889. The average molecular weight is 199 g/mol. The predicted octanol–water partition coefficient (Wildman–Crippen LogP) is -1.09. The third-order valence-corrected chi connectivity index (χ3v) is 2.91. The molecule has 2 aliphatic rings. The standard InChI is InChI=1S/C9H17N3O2/c1-11(2)9(13)5-12-3-7-6-14-10-8(7)4-12/h7-8,10H,3-6H2,1-2H3/t7-,8-/m1/s1. The van der Waals surface area contributed by atoms with E-state index in [1.165, 1.54) is 0 Å². The van der Waals surface area contributed by atoms with Crippen LogP contribution in [0.3, 0.4) is 0 Å². The van der Waals surface area contributed by atoms with E-state index in [4.69, 9.17) is 4.84 Å². The number of likely N-dealkylation sites (N-methyl/N-ethyl adjacent to an activating group) is 1. The van der Waals surface area contributed by atoms with Gasteiger partial charge in [0.15, 0.2) is 0 Å². The number of nitrogens with zero attached hydrogens (tertiary/aromatic N) is 2. The number of hydrogen-bond donors (Lipinski definition) is 1. The number of carbonyl (C=O) groups excluding carboxylic acids is 1. The lowest BCUT2D eigenvalue weighted by molar-refractivity contribution is -0.129. The lowest BCUT2D eigenvalue weighted by Crippen LogP contribution is -2.37. The summed E-state index contributed by atoms with van der Waals surface area (Å²) in [5.41, 5.74) is 2.98. The molecule has 2 atom stereocenters. The number of fused-ring (bicyclic) bond motifs is 1. The largest absolute Gasteiger partial charge is 0.348 e. The van der Waals surface area contributed by atoms with E-state index in [0.29, 0.717) is 18.5 Å². The van der Waals surface area contributed by atoms with Gasteiger partial charge in [0.2, 0.25) is 5.91 Å². The summed E-state index contributed by atoms with van der Waals surface area (Å²) in [4.78, 5) is 20.4. The highest BCUT2D eigenvalue weighted by atomic mass is 16.7. The maximum atomic E-state index is 11.5. The van der Waals surface area contributed by atoms with Crippen LogP contribution in [0.1, 0.15) is 0 Å². The molecule has 0 saturated carbocycles. The summed E-state index contributed by atoms with van der Waals surface area (Å²) in [6.07, 6.45) is 0. The Morgan fingerprint density at radius 1 is 1.57 bits per heavy atom. The molecule has 0 unspecified atom stereocenters. The third kappa shape index (κ3) is 1.89. The van der Waals surface area contributed by atoms with Crippen LogP contribution >= 0.6 is 0 Å². The van der Waals surface area contributed by atoms with Crippen molar-refractivity contribution in [1.82, 2.24) is 15.3 Å². The summed E-state index contributed by atoms with van der Waals surface area (Å²) in [7, 11) is 3.58. The van der Waals surface area contributed by atoms with Crippen molar-refractivity contribution in [1.29, 1.82) is 0 Å². The first-order valence-electron chi connectivity index (χ1n) is 4.96. The molecule has 1 amide bonds. The molecular weight excluding hydrogens is 182 g/mol. The quantitative estimate of drug-likeness (QED) is 0.614. The molecule has 0 spiro atoms. The minimum atomic E-state index is 0.172. The normalized spacial score (nSPS) is 31.9. The van der Waals surface area contributed by atoms with Gasteiger partial charge in [-0.1, -0.05) is 0 Å². The van der Waals surface area contributed by atoms with Crippen molar-refractivity contribution < 1.29 is 9.63 Å². The maximum Gasteiger partial charge on any atom is 0.236 e. The molecule has 2 heterocycles. The Hall–Kier alpha value is -0.650. The van der Waals surface area contributed by atoms with Crippen molar-refractivity contribution in [2.75, 3.05) is 40.3 Å². The highest BCUT2D eigenvalue weighted by Crippen LogP contribution is 2.21. The first-order chi connectivity index (χ1) is 6.66. The minimum absolute atomic E-state index is 0.172. The van der Waals surface area contributed by atoms with E-state index in [-0.39, 0.29) is 5.91 Å². The molecule has 0 aliphatic carbocycles. The Balaban J connectivity index is 1.82. The molecule has 0 aromatic heterocycles. The van der Waals surface area contributed by atoms with Gasteiger partial charge in [-0.15, -0.1) is 0 Å². The van der Waals surface area contributed by atoms with Gasteiger partial charge in [0.25, 0.3) is 0 Å². The van der Waals surface area contributed by atoms with Crippen LogP contribution < -0.4 is 5.48 Å². The zero-order valence-corrected chi connectivity index (χ0v) is 8.69. The van der Waals surface area contributed by atoms with E-state index >= 15 is 0 Å². The second kappa shape index (κ2) is 3.84. The fourth-order valence-corrected chi connectivity index (χ4v) is 1.99. The SMILES string of the molecule is CN(C)C(=O)CN1C[C@@H]2CON[C@@H]2C1. The molecule has 1 N–H and O–H groups in total. The van der Waals surface area contributed by atoms with Crippen molar-refractivity contribution in [2.45, 2.75) is 6.04 Å². The summed E-state index contributed by atoms with van der Waals surface area (Å²) in [6, 6.07) is 0.421. The van der Waals surface area contributed by atoms with Gasteiger partial charge in [0, 0.05) is 33.1 Å². The lowest BCUT2D eigenvalue weighted by atomic mass is 10.1. The van der Waals surface area contributed by atoms with E-state index in [1.54, 1.807) is 19.0 Å². The number of nitrogens with one attached hydrogen (secondary N) is 1. The van der Waals surface area contributed by atoms with Crippen LogP contribution in [0.25, 0.3) is 0 Å². The highest BCUT2D eigenvalue weighted by Gasteiger charge is 2.37. The molecule has 0 aromatic rings. The number of carbonyl (C=O) groups is 1. The van der Waals surface area contributed by atoms with Crippen molar-refractivity contribution in [2.24, 2.45) is 5.92 Å². The lowest BCUT2D eigenvalue weighted by Gasteiger charge is -2.18. The smallest absolute Gasteiger partial charge is 0.236 e. The molecule has 0 bridgehead atoms. The van der Waals surface area contributed by atoms with Crippen LogP contribution in [-0.4, -0.2) is 62.1 Å². The highest BCUT2D eigenvalue weighted by molar-refractivity contribution is 5.77. The molecular formula is C9H17N3O2. The van der Waals surface area contributed by atoms with Crippen LogP contribution in [0, 0.1) is 5.92 Å². The minimum Gasteiger partial charge on any atom is -0.348 e. The van der Waals surface area contributed by atoms with E-state index in [1.807, 2.05) is 0 Å². The predicted molar refractivity (Wildman–Crippen MR) is 51.5 cm³/mol. The third-order valence-electron chi connectivity index (χ3n) is 2.91. The van der Waals surface area contributed by atoms with E-state index in [0.717, 1.165) is 19.7 Å². The molecule has 0 radical (unpaired) electrons. The topological polar surface area (TPSA) is 44.8 Å². The Bertz CT molecular complexity index is 220. The van der Waals surface area contributed by atoms with Crippen LogP contribution in [0.4, 0.5) is 0 Å². The Labute approximate surface area is 83.9 Å². The molecule has 80 valence electrons. The molecule has 14 heavy (non-hydrogen) atoms. The molecule has 5 heteroatoms. The molecule has 2 saturated heterocycles. The van der Waals surface area contributed by atoms with Gasteiger partial charge >= 0.3 is 0 Å². The summed E-state index contributed by atoms with van der Waals surface area (Å²) in [5.74, 6) is 0.732. The number of amides is 1. The van der Waals surface area contributed by atoms with Crippen LogP contribution in [-0.2, 0) is 9.63 Å². The van der Waals surface area contributed by atoms with E-state index in [2.05, 4.69) is 10.4 Å².